The fraction of sp³-hybridized carbons (Fsp3) is 0.571. The van der Waals surface area contributed by atoms with Gasteiger partial charge in [0.25, 0.3) is 0 Å². The van der Waals surface area contributed by atoms with Crippen molar-refractivity contribution in [2.45, 2.75) is 139 Å². The van der Waals surface area contributed by atoms with Gasteiger partial charge in [0.05, 0.1) is 31.2 Å². The Bertz CT molecular complexity index is 2460. The van der Waals surface area contributed by atoms with E-state index in [0.717, 1.165) is 53.3 Å². The molecule has 12 atom stereocenters. The zero-order valence-corrected chi connectivity index (χ0v) is 38.5. The van der Waals surface area contributed by atoms with Gasteiger partial charge in [0, 0.05) is 43.7 Å². The van der Waals surface area contributed by atoms with Crippen LogP contribution in [0, 0.1) is 52.3 Å². The zero-order valence-electron chi connectivity index (χ0n) is 38.5. The normalized spacial score (nSPS) is 33.0. The van der Waals surface area contributed by atoms with E-state index in [-0.39, 0.29) is 42.1 Å². The molecule has 5 fully saturated rings. The Morgan fingerprint density at radius 1 is 0.909 bits per heavy atom. The van der Waals surface area contributed by atoms with Crippen molar-refractivity contribution in [3.63, 3.8) is 0 Å². The molecule has 8 N–H and O–H groups in total. The van der Waals surface area contributed by atoms with Crippen molar-refractivity contribution in [1.82, 2.24) is 10.6 Å². The highest BCUT2D eigenvalue weighted by atomic mass is 16.5. The fourth-order valence-electron chi connectivity index (χ4n) is 14.8. The highest BCUT2D eigenvalue weighted by Crippen LogP contribution is 2.64. The number of nitrogens with one attached hydrogen (secondary N) is 2. The molecule has 0 amide bonds. The van der Waals surface area contributed by atoms with Gasteiger partial charge >= 0.3 is 0 Å². The monoisotopic (exact) mass is 896 g/mol. The molecule has 3 aromatic rings. The molecule has 3 aromatic carbocycles. The topological polar surface area (TPSA) is 174 Å². The molecule has 7 aliphatic rings. The Kier molecular flexibility index (Phi) is 12.6. The number of phenolic OH excluding ortho intramolecular Hbond substituents is 1. The average molecular weight is 896 g/mol. The number of allylic oxidation sites excluding steroid dienone is 2. The predicted molar refractivity (Wildman–Crippen MR) is 255 cm³/mol. The van der Waals surface area contributed by atoms with Crippen molar-refractivity contribution in [3.05, 3.63) is 94.8 Å². The van der Waals surface area contributed by atoms with Gasteiger partial charge in [-0.05, 0) is 163 Å². The number of ketones is 2. The molecule has 2 spiro atoms. The molecule has 0 unspecified atom stereocenters. The quantitative estimate of drug-likeness (QED) is 0.107. The Hall–Kier alpha value is -4.66. The first-order valence-corrected chi connectivity index (χ1v) is 25.1. The first-order valence-electron chi connectivity index (χ1n) is 25.1. The van der Waals surface area contributed by atoms with E-state index < -0.39 is 29.6 Å². The number of aliphatic hydroxyl groups is 3. The lowest BCUT2D eigenvalue weighted by Crippen LogP contribution is -2.61. The summed E-state index contributed by atoms with van der Waals surface area (Å²) in [5.41, 5.74) is 8.67. The smallest absolute Gasteiger partial charge is 0.160 e. The number of benzene rings is 3. The number of carbonyl (C=O) groups is 2. The predicted octanol–water partition coefficient (Wildman–Crippen LogP) is 7.46. The van der Waals surface area contributed by atoms with Gasteiger partial charge in [-0.3, -0.25) is 9.59 Å². The molecule has 4 saturated carbocycles. The number of hydrogen-bond acceptors (Lipinski definition) is 10. The third-order valence-electron chi connectivity index (χ3n) is 18.1. The molecule has 5 aliphatic carbocycles. The summed E-state index contributed by atoms with van der Waals surface area (Å²) >= 11 is 0. The zero-order chi connectivity index (χ0) is 45.7. The van der Waals surface area contributed by atoms with Crippen LogP contribution >= 0.6 is 0 Å². The highest BCUT2D eigenvalue weighted by Gasteiger charge is 2.60. The van der Waals surface area contributed by atoms with Crippen molar-refractivity contribution >= 4 is 22.3 Å². The van der Waals surface area contributed by atoms with Crippen LogP contribution in [0.15, 0.2) is 78.1 Å². The summed E-state index contributed by atoms with van der Waals surface area (Å²) in [6.07, 6.45) is 13.0. The molecule has 350 valence electrons. The summed E-state index contributed by atoms with van der Waals surface area (Å²) in [4.78, 5) is 27.1. The number of hydrogen-bond donors (Lipinski definition) is 7. The van der Waals surface area contributed by atoms with Gasteiger partial charge < -0.3 is 41.5 Å². The van der Waals surface area contributed by atoms with Crippen molar-refractivity contribution < 1.29 is 34.8 Å². The Labute approximate surface area is 389 Å². The molecule has 0 bridgehead atoms. The van der Waals surface area contributed by atoms with Gasteiger partial charge in [0.1, 0.15) is 11.2 Å². The Morgan fingerprint density at radius 2 is 1.73 bits per heavy atom. The van der Waals surface area contributed by atoms with Crippen LogP contribution in [0.1, 0.15) is 125 Å². The number of aryl methyl sites for hydroxylation is 1. The minimum absolute atomic E-state index is 0.0517. The number of methoxy groups -OCH3 is 1. The van der Waals surface area contributed by atoms with Gasteiger partial charge in [0.15, 0.2) is 17.3 Å². The second-order valence-corrected chi connectivity index (χ2v) is 21.3. The Morgan fingerprint density at radius 3 is 2.52 bits per heavy atom. The maximum Gasteiger partial charge on any atom is 0.160 e. The number of Topliss-reactive ketones (excluding diaryl/α,β-unsaturated/α-hetero) is 2. The minimum atomic E-state index is -1.25. The molecule has 1 saturated heterocycles. The number of aliphatic hydroxyl groups excluding tert-OH is 3. The number of aromatic hydroxyl groups is 1. The van der Waals surface area contributed by atoms with Crippen molar-refractivity contribution in [2.24, 2.45) is 46.2 Å². The molecule has 0 radical (unpaired) electrons. The lowest BCUT2D eigenvalue weighted by atomic mass is 9.47. The van der Waals surface area contributed by atoms with Crippen molar-refractivity contribution in [3.8, 4) is 23.3 Å². The number of phenols is 1. The van der Waals surface area contributed by atoms with Gasteiger partial charge in [0.2, 0.25) is 0 Å². The molecule has 10 nitrogen and oxygen atoms in total. The lowest BCUT2D eigenvalue weighted by Gasteiger charge is -2.60. The summed E-state index contributed by atoms with van der Waals surface area (Å²) in [6.45, 7) is 1.53. The van der Waals surface area contributed by atoms with E-state index in [9.17, 15) is 30.0 Å². The summed E-state index contributed by atoms with van der Waals surface area (Å²) in [7, 11) is 1.50. The molecule has 0 aromatic heterocycles. The molecular formula is C56H69N3O7. The molecular weight excluding hydrogens is 827 g/mol. The number of dihydropyridines is 1. The molecule has 2 aliphatic heterocycles. The maximum absolute atomic E-state index is 14.7. The first kappa shape index (κ1) is 45.1. The number of carbonyl (C=O) groups excluding carboxylic acids is 2. The lowest BCUT2D eigenvalue weighted by molar-refractivity contribution is -0.140. The van der Waals surface area contributed by atoms with Gasteiger partial charge in [-0.25, -0.2) is 0 Å². The SMILES string of the molecule is COc1cc2c(cc1O)[C@@H](C[C@H](O)[C@H](O)C[C@H](C1=CCNC(N)=C1)c1ccc3ccccc3c1)C#C[C@@]1(CC[C@H]([C@@H]3CC[C@@H]4[C@@H]5CCC(=O)C[C@@H]5NC[C@H]4C34CCCC4)C[C@H]1O)C(=O)CC2. The first-order chi connectivity index (χ1) is 32.0. The standard InChI is InChI=1S/C56H69N3O7/c1-66-51-26-36-10-15-52(64)56(22-17-39(27-53(56)65)45-14-13-41-42-12-11-40(60)29-47(42)59-32-46(41)55(45)19-4-5-20-55)21-16-37(44(36)31-50(51)63)25-48(61)49(62)30-43(38-18-23-58-54(57)28-38)35-9-8-33-6-2-3-7-34(33)24-35/h2-3,6-9,18,24,26,28,31,37,39,41-43,45-49,53,58-59,61-63,65H,4-5,10-15,17,19-20,22-23,25,27,29-30,32,57H2,1H3/t37-,39+,41-,42+,43+,45+,46-,47+,48+,49-,53-,56-/m1/s1. The van der Waals surface area contributed by atoms with Gasteiger partial charge in [-0.2, -0.15) is 0 Å². The van der Waals surface area contributed by atoms with Crippen LogP contribution in [0.2, 0.25) is 0 Å². The molecule has 10 heteroatoms. The van der Waals surface area contributed by atoms with E-state index in [1.165, 1.54) is 39.2 Å². The van der Waals surface area contributed by atoms with E-state index in [2.05, 4.69) is 58.9 Å². The summed E-state index contributed by atoms with van der Waals surface area (Å²) in [5.74, 6) is 9.64. The van der Waals surface area contributed by atoms with Crippen LogP contribution in [0.25, 0.3) is 10.8 Å². The number of ether oxygens (including phenoxy) is 1. The second-order valence-electron chi connectivity index (χ2n) is 21.3. The molecule has 66 heavy (non-hydrogen) atoms. The van der Waals surface area contributed by atoms with Crippen LogP contribution in [0.5, 0.6) is 11.5 Å². The van der Waals surface area contributed by atoms with E-state index in [0.29, 0.717) is 97.2 Å². The van der Waals surface area contributed by atoms with Crippen molar-refractivity contribution in [2.75, 3.05) is 20.2 Å². The van der Waals surface area contributed by atoms with E-state index >= 15 is 0 Å². The molecule has 10 rings (SSSR count). The number of rotatable bonds is 9. The fourth-order valence-corrected chi connectivity index (χ4v) is 14.8. The number of fused-ring (bicyclic) bond motifs is 6. The van der Waals surface area contributed by atoms with Gasteiger partial charge in [-0.1, -0.05) is 73.2 Å². The minimum Gasteiger partial charge on any atom is -0.504 e. The van der Waals surface area contributed by atoms with E-state index in [1.54, 1.807) is 12.1 Å². The average Bonchev–Trinajstić information content (AvgIpc) is 3.82. The maximum atomic E-state index is 14.7. The van der Waals surface area contributed by atoms with Crippen LogP contribution in [-0.2, 0) is 16.0 Å². The largest absolute Gasteiger partial charge is 0.504 e. The van der Waals surface area contributed by atoms with Crippen LogP contribution < -0.4 is 21.1 Å². The Balaban J connectivity index is 0.921. The summed E-state index contributed by atoms with van der Waals surface area (Å²) < 4.78 is 5.53. The number of nitrogens with two attached hydrogens (primary N) is 1. The highest BCUT2D eigenvalue weighted by molar-refractivity contribution is 5.89. The molecule has 2 heterocycles. The summed E-state index contributed by atoms with van der Waals surface area (Å²) in [6, 6.07) is 18.2. The third-order valence-corrected chi connectivity index (χ3v) is 18.1. The van der Waals surface area contributed by atoms with E-state index in [1.807, 2.05) is 18.2 Å². The van der Waals surface area contributed by atoms with Crippen LogP contribution in [0.4, 0.5) is 0 Å². The van der Waals surface area contributed by atoms with Crippen LogP contribution in [-0.4, -0.2) is 76.5 Å². The van der Waals surface area contributed by atoms with Gasteiger partial charge in [-0.15, -0.1) is 0 Å². The third kappa shape index (κ3) is 8.26. The van der Waals surface area contributed by atoms with Crippen LogP contribution in [0.3, 0.4) is 0 Å². The second kappa shape index (κ2) is 18.4. The van der Waals surface area contributed by atoms with E-state index in [4.69, 9.17) is 10.5 Å². The number of piperidine rings is 1. The van der Waals surface area contributed by atoms with Crippen molar-refractivity contribution in [1.29, 1.82) is 0 Å². The summed E-state index contributed by atoms with van der Waals surface area (Å²) in [5, 5.41) is 56.9.